The van der Waals surface area contributed by atoms with Crippen molar-refractivity contribution in [1.29, 1.82) is 0 Å². The van der Waals surface area contributed by atoms with Gasteiger partial charge in [0, 0.05) is 6.54 Å². The van der Waals surface area contributed by atoms with Gasteiger partial charge in [-0.2, -0.15) is 4.31 Å². The third kappa shape index (κ3) is 4.84. The molecule has 1 aromatic carbocycles. The van der Waals surface area contributed by atoms with E-state index in [9.17, 15) is 18.0 Å². The van der Waals surface area contributed by atoms with Crippen molar-refractivity contribution in [1.82, 2.24) is 4.31 Å². The van der Waals surface area contributed by atoms with E-state index < -0.39 is 34.0 Å². The smallest absolute Gasteiger partial charge is 0.325 e. The average Bonchev–Trinajstić information content (AvgIpc) is 3.01. The zero-order valence-corrected chi connectivity index (χ0v) is 16.0. The first-order valence-electron chi connectivity index (χ1n) is 7.53. The molecule has 2 rings (SSSR count). The Labute approximate surface area is 156 Å². The molecule has 2 atom stereocenters. The van der Waals surface area contributed by atoms with Gasteiger partial charge in [-0.3, -0.25) is 9.59 Å². The number of halogens is 2. The normalized spacial score (nSPS) is 19.4. The molecule has 138 valence electrons. The van der Waals surface area contributed by atoms with Crippen molar-refractivity contribution in [2.75, 3.05) is 18.1 Å². The van der Waals surface area contributed by atoms with E-state index in [1.54, 1.807) is 18.2 Å². The Morgan fingerprint density at radius 1 is 1.36 bits per heavy atom. The maximum absolute atomic E-state index is 12.2. The molecule has 0 saturated carbocycles. The Morgan fingerprint density at radius 2 is 2.04 bits per heavy atom. The summed E-state index contributed by atoms with van der Waals surface area (Å²) in [6.07, 6.45) is 0.839. The molecular formula is C15H18Cl2N2O5S. The highest BCUT2D eigenvalue weighted by molar-refractivity contribution is 7.88. The summed E-state index contributed by atoms with van der Waals surface area (Å²) in [6.45, 7) is 1.66. The van der Waals surface area contributed by atoms with Crippen molar-refractivity contribution in [3.8, 4) is 0 Å². The largest absolute Gasteiger partial charge is 0.451 e. The predicted octanol–water partition coefficient (Wildman–Crippen LogP) is 2.29. The van der Waals surface area contributed by atoms with Crippen molar-refractivity contribution in [2.45, 2.75) is 31.9 Å². The summed E-state index contributed by atoms with van der Waals surface area (Å²) in [5.41, 5.74) is 0.292. The van der Waals surface area contributed by atoms with Crippen molar-refractivity contribution < 1.29 is 22.7 Å². The third-order valence-electron chi connectivity index (χ3n) is 3.77. The zero-order chi connectivity index (χ0) is 18.8. The van der Waals surface area contributed by atoms with Gasteiger partial charge in [0.1, 0.15) is 6.04 Å². The Hall–Kier alpha value is -1.35. The fraction of sp³-hybridized carbons (Fsp3) is 0.467. The van der Waals surface area contributed by atoms with Crippen molar-refractivity contribution in [2.24, 2.45) is 0 Å². The number of sulfonamides is 1. The van der Waals surface area contributed by atoms with E-state index >= 15 is 0 Å². The molecule has 1 aromatic rings. The molecule has 1 aliphatic rings. The highest BCUT2D eigenvalue weighted by Gasteiger charge is 2.38. The van der Waals surface area contributed by atoms with Crippen LogP contribution in [-0.4, -0.2) is 49.5 Å². The van der Waals surface area contributed by atoms with Crippen LogP contribution < -0.4 is 5.32 Å². The second kappa shape index (κ2) is 7.90. The van der Waals surface area contributed by atoms with Gasteiger partial charge in [-0.25, -0.2) is 8.42 Å². The predicted molar refractivity (Wildman–Crippen MR) is 95.2 cm³/mol. The van der Waals surface area contributed by atoms with Gasteiger partial charge in [0.25, 0.3) is 5.91 Å². The van der Waals surface area contributed by atoms with Crippen molar-refractivity contribution in [3.05, 3.63) is 28.2 Å². The summed E-state index contributed by atoms with van der Waals surface area (Å²) >= 11 is 11.9. The van der Waals surface area contributed by atoms with E-state index in [4.69, 9.17) is 27.9 Å². The average molecular weight is 409 g/mol. The highest BCUT2D eigenvalue weighted by Crippen LogP contribution is 2.29. The lowest BCUT2D eigenvalue weighted by atomic mass is 10.2. The second-order valence-corrected chi connectivity index (χ2v) is 8.42. The fourth-order valence-corrected chi connectivity index (χ4v) is 3.98. The summed E-state index contributed by atoms with van der Waals surface area (Å²) in [7, 11) is -3.51. The van der Waals surface area contributed by atoms with Crippen LogP contribution in [0.3, 0.4) is 0 Å². The third-order valence-corrected chi connectivity index (χ3v) is 5.88. The number of amides is 1. The first kappa shape index (κ1) is 20.0. The van der Waals surface area contributed by atoms with Crippen LogP contribution in [0.1, 0.15) is 19.8 Å². The summed E-state index contributed by atoms with van der Waals surface area (Å²) in [4.78, 5) is 24.4. The highest BCUT2D eigenvalue weighted by atomic mass is 35.5. The molecule has 10 heteroatoms. The molecule has 1 amide bonds. The minimum Gasteiger partial charge on any atom is -0.451 e. The first-order chi connectivity index (χ1) is 11.6. The summed E-state index contributed by atoms with van der Waals surface area (Å²) in [5.74, 6) is -1.34. The molecule has 7 nitrogen and oxygen atoms in total. The van der Waals surface area contributed by atoms with Gasteiger partial charge >= 0.3 is 5.97 Å². The SMILES string of the molecule is C[C@H](OC(=O)[C@H]1CCCN1S(C)(=O)=O)C(=O)Nc1cccc(Cl)c1Cl. The molecule has 0 aliphatic carbocycles. The molecule has 1 heterocycles. The van der Waals surface area contributed by atoms with E-state index in [0.717, 1.165) is 10.6 Å². The molecule has 0 bridgehead atoms. The van der Waals surface area contributed by atoms with E-state index in [1.807, 2.05) is 0 Å². The molecule has 0 spiro atoms. The maximum atomic E-state index is 12.2. The number of ether oxygens (including phenoxy) is 1. The van der Waals surface area contributed by atoms with Crippen LogP contribution >= 0.6 is 23.2 Å². The number of carbonyl (C=O) groups is 2. The van der Waals surface area contributed by atoms with Crippen LogP contribution in [0.15, 0.2) is 18.2 Å². The van der Waals surface area contributed by atoms with E-state index in [-0.39, 0.29) is 16.6 Å². The lowest BCUT2D eigenvalue weighted by Gasteiger charge is -2.22. The van der Waals surface area contributed by atoms with E-state index in [0.29, 0.717) is 18.5 Å². The van der Waals surface area contributed by atoms with E-state index in [1.165, 1.54) is 6.92 Å². The van der Waals surface area contributed by atoms with Gasteiger partial charge in [-0.15, -0.1) is 0 Å². The van der Waals surface area contributed by atoms with Gasteiger partial charge in [-0.1, -0.05) is 29.3 Å². The zero-order valence-electron chi connectivity index (χ0n) is 13.7. The number of anilines is 1. The Morgan fingerprint density at radius 3 is 2.68 bits per heavy atom. The van der Waals surface area contributed by atoms with Crippen LogP contribution in [0.25, 0.3) is 0 Å². The molecule has 0 radical (unpaired) electrons. The lowest BCUT2D eigenvalue weighted by Crippen LogP contribution is -2.43. The van der Waals surface area contributed by atoms with Gasteiger partial charge in [0.15, 0.2) is 6.10 Å². The van der Waals surface area contributed by atoms with Crippen LogP contribution in [0.2, 0.25) is 10.0 Å². The van der Waals surface area contributed by atoms with Crippen LogP contribution in [0.4, 0.5) is 5.69 Å². The number of hydrogen-bond donors (Lipinski definition) is 1. The van der Waals surface area contributed by atoms with Crippen molar-refractivity contribution >= 4 is 50.8 Å². The van der Waals surface area contributed by atoms with Crippen LogP contribution in [0, 0.1) is 0 Å². The molecule has 1 fully saturated rings. The Bertz CT molecular complexity index is 784. The quantitative estimate of drug-likeness (QED) is 0.754. The topological polar surface area (TPSA) is 92.8 Å². The van der Waals surface area contributed by atoms with Gasteiger partial charge < -0.3 is 10.1 Å². The Kier molecular flexibility index (Phi) is 6.31. The number of nitrogens with zero attached hydrogens (tertiary/aromatic N) is 1. The molecule has 25 heavy (non-hydrogen) atoms. The van der Waals surface area contributed by atoms with Gasteiger partial charge in [-0.05, 0) is 31.9 Å². The number of benzene rings is 1. The monoisotopic (exact) mass is 408 g/mol. The first-order valence-corrected chi connectivity index (χ1v) is 10.1. The summed E-state index contributed by atoms with van der Waals surface area (Å²) < 4.78 is 29.6. The van der Waals surface area contributed by atoms with E-state index in [2.05, 4.69) is 5.32 Å². The summed E-state index contributed by atoms with van der Waals surface area (Å²) in [6, 6.07) is 3.84. The molecule has 1 N–H and O–H groups in total. The maximum Gasteiger partial charge on any atom is 0.325 e. The van der Waals surface area contributed by atoms with Gasteiger partial charge in [0.05, 0.1) is 22.0 Å². The number of esters is 1. The standard InChI is InChI=1S/C15H18Cl2N2O5S/c1-9(14(20)18-11-6-3-5-10(16)13(11)17)24-15(21)12-7-4-8-19(12)25(2,22)23/h3,5-6,9,12H,4,7-8H2,1-2H3,(H,18,20)/t9-,12+/m0/s1. The molecular weight excluding hydrogens is 391 g/mol. The minimum atomic E-state index is -3.51. The molecule has 0 unspecified atom stereocenters. The fourth-order valence-electron chi connectivity index (χ4n) is 2.51. The molecule has 1 saturated heterocycles. The number of carbonyl (C=O) groups excluding carboxylic acids is 2. The molecule has 0 aromatic heterocycles. The number of nitrogens with one attached hydrogen (secondary N) is 1. The van der Waals surface area contributed by atoms with Crippen LogP contribution in [-0.2, 0) is 24.3 Å². The number of hydrogen-bond acceptors (Lipinski definition) is 5. The van der Waals surface area contributed by atoms with Gasteiger partial charge in [0.2, 0.25) is 10.0 Å². The summed E-state index contributed by atoms with van der Waals surface area (Å²) in [5, 5.41) is 2.98. The Balaban J connectivity index is 2.01. The van der Waals surface area contributed by atoms with Crippen molar-refractivity contribution in [3.63, 3.8) is 0 Å². The minimum absolute atomic E-state index is 0.176. The van der Waals surface area contributed by atoms with Crippen LogP contribution in [0.5, 0.6) is 0 Å². The molecule has 1 aliphatic heterocycles. The number of rotatable bonds is 5. The second-order valence-electron chi connectivity index (χ2n) is 5.70. The lowest BCUT2D eigenvalue weighted by molar-refractivity contribution is -0.156.